The smallest absolute Gasteiger partial charge is 0.269 e. The number of benzene rings is 3. The molecular weight excluding hydrogens is 516 g/mol. The maximum Gasteiger partial charge on any atom is 0.269 e. The van der Waals surface area contributed by atoms with Gasteiger partial charge in [0.05, 0.1) is 17.0 Å². The van der Waals surface area contributed by atoms with Gasteiger partial charge in [0.25, 0.3) is 5.69 Å². The quantitative estimate of drug-likeness (QED) is 0.220. The molecular formula is C31H25ClN2O5. The highest BCUT2D eigenvalue weighted by Gasteiger charge is 2.72. The lowest BCUT2D eigenvalue weighted by molar-refractivity contribution is -0.384. The van der Waals surface area contributed by atoms with Crippen molar-refractivity contribution in [2.75, 3.05) is 4.90 Å². The van der Waals surface area contributed by atoms with Crippen molar-refractivity contribution in [2.24, 2.45) is 10.8 Å². The maximum atomic E-state index is 14.5. The van der Waals surface area contributed by atoms with Gasteiger partial charge >= 0.3 is 0 Å². The summed E-state index contributed by atoms with van der Waals surface area (Å²) in [6.07, 6.45) is 3.64. The Morgan fingerprint density at radius 1 is 0.974 bits per heavy atom. The van der Waals surface area contributed by atoms with Crippen molar-refractivity contribution < 1.29 is 19.3 Å². The van der Waals surface area contributed by atoms with Gasteiger partial charge < -0.3 is 4.90 Å². The van der Waals surface area contributed by atoms with Crippen molar-refractivity contribution in [1.29, 1.82) is 0 Å². The van der Waals surface area contributed by atoms with Gasteiger partial charge in [0, 0.05) is 45.3 Å². The number of halogens is 1. The van der Waals surface area contributed by atoms with Crippen molar-refractivity contribution >= 4 is 46.4 Å². The molecule has 3 aromatic carbocycles. The summed E-state index contributed by atoms with van der Waals surface area (Å²) in [6, 6.07) is 16.2. The van der Waals surface area contributed by atoms with Gasteiger partial charge in [-0.25, -0.2) is 0 Å². The normalized spacial score (nSPS) is 22.6. The summed E-state index contributed by atoms with van der Waals surface area (Å²) >= 11 is 6.30. The van der Waals surface area contributed by atoms with Crippen molar-refractivity contribution in [3.8, 4) is 0 Å². The zero-order chi connectivity index (χ0) is 27.9. The van der Waals surface area contributed by atoms with E-state index in [1.807, 2.05) is 11.0 Å². The molecule has 0 unspecified atom stereocenters. The van der Waals surface area contributed by atoms with Gasteiger partial charge in [0.15, 0.2) is 17.3 Å². The Balaban J connectivity index is 1.71. The van der Waals surface area contributed by atoms with Crippen LogP contribution in [-0.4, -0.2) is 34.4 Å². The number of hydrogen-bond acceptors (Lipinski definition) is 6. The average Bonchev–Trinajstić information content (AvgIpc) is 3.33. The van der Waals surface area contributed by atoms with Gasteiger partial charge in [-0.05, 0) is 29.3 Å². The molecule has 1 saturated heterocycles. The number of nitro benzene ring substituents is 1. The van der Waals surface area contributed by atoms with E-state index in [0.29, 0.717) is 27.4 Å². The first-order valence-electron chi connectivity index (χ1n) is 12.7. The second kappa shape index (κ2) is 8.45. The molecule has 3 atom stereocenters. The van der Waals surface area contributed by atoms with Gasteiger partial charge in [-0.3, -0.25) is 24.5 Å². The summed E-state index contributed by atoms with van der Waals surface area (Å²) in [5, 5.41) is 12.3. The first-order valence-corrected chi connectivity index (χ1v) is 13.1. The molecule has 3 aliphatic rings. The first-order chi connectivity index (χ1) is 18.5. The first kappa shape index (κ1) is 25.2. The molecule has 1 aliphatic carbocycles. The van der Waals surface area contributed by atoms with Crippen molar-refractivity contribution in [3.05, 3.63) is 110 Å². The number of ketones is 3. The monoisotopic (exact) mass is 540 g/mol. The highest BCUT2D eigenvalue weighted by molar-refractivity contribution is 6.32. The number of nitro groups is 1. The number of Topliss-reactive ketones (excluding diaryl/α,β-unsaturated/α-hetero) is 3. The summed E-state index contributed by atoms with van der Waals surface area (Å²) in [6.45, 7) is 5.40. The molecule has 0 N–H and O–H groups in total. The lowest BCUT2D eigenvalue weighted by Crippen LogP contribution is -2.49. The third-order valence-corrected chi connectivity index (χ3v) is 8.45. The van der Waals surface area contributed by atoms with Gasteiger partial charge in [-0.2, -0.15) is 0 Å². The SMILES string of the molecule is CC(C)(C)C(=O)[C@@H]1[C@@H](c2cccc([N+](=O)[O-])c2)C2(C(=O)c3ccccc3C2=O)[C@H]2C=Cc3cc(Cl)ccc3N12. The van der Waals surface area contributed by atoms with E-state index in [9.17, 15) is 24.5 Å². The fourth-order valence-electron chi connectivity index (χ4n) is 6.60. The molecule has 0 amide bonds. The van der Waals surface area contributed by atoms with Crippen molar-refractivity contribution in [1.82, 2.24) is 0 Å². The van der Waals surface area contributed by atoms with Gasteiger partial charge in [0.2, 0.25) is 0 Å². The molecule has 3 aromatic rings. The molecule has 39 heavy (non-hydrogen) atoms. The molecule has 1 fully saturated rings. The summed E-state index contributed by atoms with van der Waals surface area (Å²) in [5.41, 5.74) is -0.265. The van der Waals surface area contributed by atoms with E-state index in [2.05, 4.69) is 0 Å². The zero-order valence-corrected chi connectivity index (χ0v) is 22.3. The van der Waals surface area contributed by atoms with Crippen LogP contribution in [-0.2, 0) is 4.79 Å². The van der Waals surface area contributed by atoms with E-state index in [1.54, 1.807) is 75.4 Å². The highest BCUT2D eigenvalue weighted by Crippen LogP contribution is 2.61. The number of carbonyl (C=O) groups is 3. The van der Waals surface area contributed by atoms with E-state index in [0.717, 1.165) is 5.56 Å². The molecule has 0 aromatic heterocycles. The molecule has 0 bridgehead atoms. The molecule has 0 radical (unpaired) electrons. The Kier molecular flexibility index (Phi) is 5.46. The molecule has 1 spiro atoms. The van der Waals surface area contributed by atoms with Gasteiger partial charge in [0.1, 0.15) is 5.41 Å². The Morgan fingerprint density at radius 3 is 2.26 bits per heavy atom. The van der Waals surface area contributed by atoms with Crippen LogP contribution in [0.4, 0.5) is 11.4 Å². The molecule has 196 valence electrons. The second-order valence-electron chi connectivity index (χ2n) is 11.4. The van der Waals surface area contributed by atoms with Crippen LogP contribution in [0.15, 0.2) is 72.8 Å². The molecule has 6 rings (SSSR count). The third kappa shape index (κ3) is 3.39. The lowest BCUT2D eigenvalue weighted by Gasteiger charge is -2.38. The van der Waals surface area contributed by atoms with Crippen LogP contribution in [0, 0.1) is 20.9 Å². The summed E-state index contributed by atoms with van der Waals surface area (Å²) < 4.78 is 0. The number of non-ortho nitro benzene ring substituents is 1. The summed E-state index contributed by atoms with van der Waals surface area (Å²) in [7, 11) is 0. The van der Waals surface area contributed by atoms with Crippen LogP contribution in [0.5, 0.6) is 0 Å². The Morgan fingerprint density at radius 2 is 1.64 bits per heavy atom. The fourth-order valence-corrected chi connectivity index (χ4v) is 6.78. The molecule has 2 aliphatic heterocycles. The molecule has 0 saturated carbocycles. The zero-order valence-electron chi connectivity index (χ0n) is 21.6. The highest BCUT2D eigenvalue weighted by atomic mass is 35.5. The number of anilines is 1. The van der Waals surface area contributed by atoms with Crippen molar-refractivity contribution in [3.63, 3.8) is 0 Å². The van der Waals surface area contributed by atoms with E-state index >= 15 is 0 Å². The number of rotatable bonds is 3. The van der Waals surface area contributed by atoms with Crippen molar-refractivity contribution in [2.45, 2.75) is 38.8 Å². The predicted molar refractivity (Wildman–Crippen MR) is 148 cm³/mol. The van der Waals surface area contributed by atoms with E-state index in [1.165, 1.54) is 18.2 Å². The van der Waals surface area contributed by atoms with E-state index in [4.69, 9.17) is 11.6 Å². The average molecular weight is 541 g/mol. The topological polar surface area (TPSA) is 97.6 Å². The Labute approximate surface area is 230 Å². The van der Waals surface area contributed by atoms with Gasteiger partial charge in [-0.15, -0.1) is 0 Å². The lowest BCUT2D eigenvalue weighted by atomic mass is 9.63. The van der Waals surface area contributed by atoms with E-state index in [-0.39, 0.29) is 23.0 Å². The Bertz CT molecular complexity index is 1600. The number of fused-ring (bicyclic) bond motifs is 5. The predicted octanol–water partition coefficient (Wildman–Crippen LogP) is 6.30. The van der Waals surface area contributed by atoms with E-state index < -0.39 is 33.8 Å². The van der Waals surface area contributed by atoms with Crippen LogP contribution in [0.1, 0.15) is 58.5 Å². The van der Waals surface area contributed by atoms with Crippen LogP contribution >= 0.6 is 11.6 Å². The number of carbonyl (C=O) groups excluding carboxylic acids is 3. The Hall–Kier alpha value is -4.10. The van der Waals surface area contributed by atoms with Crippen LogP contribution < -0.4 is 4.90 Å². The summed E-state index contributed by atoms with van der Waals surface area (Å²) in [5.74, 6) is -1.90. The summed E-state index contributed by atoms with van der Waals surface area (Å²) in [4.78, 5) is 56.6. The second-order valence-corrected chi connectivity index (χ2v) is 11.8. The standard InChI is InChI=1S/C31H25ClN2O5/c1-30(2,3)29(37)26-25(18-7-6-8-20(16-18)34(38)39)31(27(35)21-9-4-5-10-22(21)28(31)36)24-14-11-17-15-19(32)12-13-23(17)33(24)26/h4-16,24-26H,1-3H3/t24-,25-,26+/m1/s1. The van der Waals surface area contributed by atoms with Crippen LogP contribution in [0.25, 0.3) is 6.08 Å². The maximum absolute atomic E-state index is 14.5. The molecule has 2 heterocycles. The fraction of sp³-hybridized carbons (Fsp3) is 0.258. The minimum Gasteiger partial charge on any atom is -0.352 e. The minimum absolute atomic E-state index is 0.173. The molecule has 7 nitrogen and oxygen atoms in total. The van der Waals surface area contributed by atoms with Crippen LogP contribution in [0.3, 0.4) is 0 Å². The van der Waals surface area contributed by atoms with Crippen LogP contribution in [0.2, 0.25) is 5.02 Å². The number of hydrogen-bond donors (Lipinski definition) is 0. The number of nitrogens with zero attached hydrogens (tertiary/aromatic N) is 2. The third-order valence-electron chi connectivity index (χ3n) is 8.21. The molecule has 8 heteroatoms. The minimum atomic E-state index is -1.70. The largest absolute Gasteiger partial charge is 0.352 e. The van der Waals surface area contributed by atoms with Gasteiger partial charge in [-0.1, -0.05) is 80.9 Å².